The topological polar surface area (TPSA) is 44.8 Å². The first-order valence-corrected chi connectivity index (χ1v) is 7.75. The van der Waals surface area contributed by atoms with Crippen LogP contribution in [0.3, 0.4) is 0 Å². The lowest BCUT2D eigenvalue weighted by Crippen LogP contribution is -2.07. The molecule has 118 valence electrons. The molecule has 0 aliphatic rings. The number of methoxy groups -OCH3 is 1. The number of carbonyl (C=O) groups excluding carboxylic acids is 1. The zero-order valence-electron chi connectivity index (χ0n) is 13.1. The lowest BCUT2D eigenvalue weighted by Gasteiger charge is -2.05. The van der Waals surface area contributed by atoms with Gasteiger partial charge in [0.15, 0.2) is 0 Å². The van der Waals surface area contributed by atoms with Gasteiger partial charge in [-0.15, -0.1) is 0 Å². The lowest BCUT2D eigenvalue weighted by atomic mass is 10.1. The highest BCUT2D eigenvalue weighted by Gasteiger charge is 2.08. The number of carbonyl (C=O) groups is 1. The molecule has 21 heavy (non-hydrogen) atoms. The number of hydrogen-bond acceptors (Lipinski definition) is 4. The molecule has 0 saturated carbocycles. The smallest absolute Gasteiger partial charge is 0.373 e. The van der Waals surface area contributed by atoms with E-state index in [-0.39, 0.29) is 0 Å². The van der Waals surface area contributed by atoms with Crippen LogP contribution in [0.2, 0.25) is 0 Å². The number of ether oxygens (including phenoxy) is 1. The molecule has 1 aromatic carbocycles. The maximum absolute atomic E-state index is 11.7. The van der Waals surface area contributed by atoms with Crippen molar-refractivity contribution in [2.24, 2.45) is 0 Å². The third kappa shape index (κ3) is 7.71. The number of hydrogen-bond donors (Lipinski definition) is 0. The maximum Gasteiger partial charge on any atom is 0.373 e. The van der Waals surface area contributed by atoms with Crippen LogP contribution in [0, 0.1) is 0 Å². The van der Waals surface area contributed by atoms with Gasteiger partial charge in [0.2, 0.25) is 0 Å². The molecule has 4 nitrogen and oxygen atoms in total. The van der Waals surface area contributed by atoms with Crippen LogP contribution in [0.5, 0.6) is 5.75 Å². The van der Waals surface area contributed by atoms with Gasteiger partial charge in [-0.2, -0.15) is 4.89 Å². The molecule has 1 rings (SSSR count). The molecule has 1 aromatic rings. The number of benzene rings is 1. The van der Waals surface area contributed by atoms with Gasteiger partial charge in [0, 0.05) is 0 Å². The average Bonchev–Trinajstić information content (AvgIpc) is 2.53. The summed E-state index contributed by atoms with van der Waals surface area (Å²) in [5, 5.41) is 0. The molecule has 0 radical (unpaired) electrons. The molecular weight excluding hydrogens is 268 g/mol. The average molecular weight is 294 g/mol. The molecule has 0 unspecified atom stereocenters. The Labute approximate surface area is 127 Å². The van der Waals surface area contributed by atoms with E-state index < -0.39 is 5.97 Å². The van der Waals surface area contributed by atoms with E-state index in [4.69, 9.17) is 14.5 Å². The largest absolute Gasteiger partial charge is 0.497 e. The van der Waals surface area contributed by atoms with Gasteiger partial charge in [-0.25, -0.2) is 4.79 Å². The second-order valence-electron chi connectivity index (χ2n) is 5.04. The number of unbranched alkanes of at least 4 members (excludes halogenated alkanes) is 6. The normalized spacial score (nSPS) is 10.4. The van der Waals surface area contributed by atoms with Crippen LogP contribution in [-0.2, 0) is 9.78 Å². The summed E-state index contributed by atoms with van der Waals surface area (Å²) >= 11 is 0. The summed E-state index contributed by atoms with van der Waals surface area (Å²) < 4.78 is 5.03. The highest BCUT2D eigenvalue weighted by Crippen LogP contribution is 2.12. The fourth-order valence-electron chi connectivity index (χ4n) is 1.99. The van der Waals surface area contributed by atoms with Crippen molar-refractivity contribution < 1.29 is 19.3 Å². The molecule has 0 bridgehead atoms. The predicted octanol–water partition coefficient (Wildman–Crippen LogP) is 4.53. The zero-order chi connectivity index (χ0) is 15.3. The van der Waals surface area contributed by atoms with Crippen molar-refractivity contribution >= 4 is 5.97 Å². The minimum absolute atomic E-state index is 0.454. The number of rotatable bonds is 11. The Morgan fingerprint density at radius 1 is 0.952 bits per heavy atom. The first-order valence-electron chi connectivity index (χ1n) is 7.75. The molecule has 0 N–H and O–H groups in total. The Morgan fingerprint density at radius 3 is 2.19 bits per heavy atom. The van der Waals surface area contributed by atoms with Gasteiger partial charge in [-0.05, 0) is 30.7 Å². The molecule has 0 spiro atoms. The van der Waals surface area contributed by atoms with Gasteiger partial charge >= 0.3 is 5.97 Å². The van der Waals surface area contributed by atoms with E-state index in [0.29, 0.717) is 17.9 Å². The van der Waals surface area contributed by atoms with Gasteiger partial charge in [0.1, 0.15) is 5.75 Å². The second kappa shape index (κ2) is 11.1. The Hall–Kier alpha value is -1.55. The van der Waals surface area contributed by atoms with E-state index in [2.05, 4.69) is 6.92 Å². The molecular formula is C17H26O4. The lowest BCUT2D eigenvalue weighted by molar-refractivity contribution is -0.241. The van der Waals surface area contributed by atoms with Crippen molar-refractivity contribution in [1.29, 1.82) is 0 Å². The van der Waals surface area contributed by atoms with Crippen LogP contribution in [0.15, 0.2) is 24.3 Å². The fourth-order valence-corrected chi connectivity index (χ4v) is 1.99. The van der Waals surface area contributed by atoms with Crippen molar-refractivity contribution in [2.75, 3.05) is 13.7 Å². The molecule has 0 saturated heterocycles. The third-order valence-corrected chi connectivity index (χ3v) is 3.29. The Kier molecular flexibility index (Phi) is 9.29. The van der Waals surface area contributed by atoms with E-state index >= 15 is 0 Å². The zero-order valence-corrected chi connectivity index (χ0v) is 13.1. The Bertz CT molecular complexity index is 386. The van der Waals surface area contributed by atoms with Crippen molar-refractivity contribution in [1.82, 2.24) is 0 Å². The van der Waals surface area contributed by atoms with Gasteiger partial charge in [0.05, 0.1) is 19.3 Å². The van der Waals surface area contributed by atoms with Crippen molar-refractivity contribution in [3.05, 3.63) is 29.8 Å². The maximum atomic E-state index is 11.7. The molecule has 4 heteroatoms. The molecule has 0 amide bonds. The van der Waals surface area contributed by atoms with Crippen LogP contribution in [0.4, 0.5) is 0 Å². The predicted molar refractivity (Wildman–Crippen MR) is 82.4 cm³/mol. The van der Waals surface area contributed by atoms with E-state index in [1.807, 2.05) is 0 Å². The highest BCUT2D eigenvalue weighted by atomic mass is 17.2. The Morgan fingerprint density at radius 2 is 1.57 bits per heavy atom. The second-order valence-corrected chi connectivity index (χ2v) is 5.04. The Balaban J connectivity index is 2.05. The molecule has 0 aromatic heterocycles. The first-order chi connectivity index (χ1) is 10.3. The molecule has 0 heterocycles. The summed E-state index contributed by atoms with van der Waals surface area (Å²) in [6.07, 6.45) is 8.42. The van der Waals surface area contributed by atoms with Crippen LogP contribution >= 0.6 is 0 Å². The fraction of sp³-hybridized carbons (Fsp3) is 0.588. The van der Waals surface area contributed by atoms with E-state index in [0.717, 1.165) is 12.8 Å². The van der Waals surface area contributed by atoms with Gasteiger partial charge in [-0.3, -0.25) is 4.89 Å². The van der Waals surface area contributed by atoms with Crippen LogP contribution < -0.4 is 4.74 Å². The minimum Gasteiger partial charge on any atom is -0.497 e. The summed E-state index contributed by atoms with van der Waals surface area (Å²) in [5.41, 5.74) is 0.454. The quantitative estimate of drug-likeness (QED) is 0.341. The standard InChI is InChI=1S/C17H26O4/c1-3-4-5-6-7-8-9-14-20-21-17(18)15-10-12-16(19-2)13-11-15/h10-13H,3-9,14H2,1-2H3. The summed E-state index contributed by atoms with van der Waals surface area (Å²) in [5.74, 6) is 0.233. The summed E-state index contributed by atoms with van der Waals surface area (Å²) in [4.78, 5) is 21.4. The van der Waals surface area contributed by atoms with Crippen molar-refractivity contribution in [3.63, 3.8) is 0 Å². The minimum atomic E-state index is -0.472. The third-order valence-electron chi connectivity index (χ3n) is 3.29. The molecule has 0 aliphatic heterocycles. The van der Waals surface area contributed by atoms with Crippen LogP contribution in [0.25, 0.3) is 0 Å². The monoisotopic (exact) mass is 294 g/mol. The van der Waals surface area contributed by atoms with Gasteiger partial charge in [-0.1, -0.05) is 45.4 Å². The summed E-state index contributed by atoms with van der Waals surface area (Å²) in [6, 6.07) is 6.73. The summed E-state index contributed by atoms with van der Waals surface area (Å²) in [7, 11) is 1.58. The highest BCUT2D eigenvalue weighted by molar-refractivity contribution is 5.89. The van der Waals surface area contributed by atoms with Crippen molar-refractivity contribution in [3.8, 4) is 5.75 Å². The van der Waals surface area contributed by atoms with Crippen LogP contribution in [0.1, 0.15) is 62.2 Å². The van der Waals surface area contributed by atoms with Crippen molar-refractivity contribution in [2.45, 2.75) is 51.9 Å². The van der Waals surface area contributed by atoms with E-state index in [1.165, 1.54) is 32.1 Å². The van der Waals surface area contributed by atoms with E-state index in [1.54, 1.807) is 31.4 Å². The molecule has 0 fully saturated rings. The molecule has 0 aliphatic carbocycles. The first kappa shape index (κ1) is 17.5. The summed E-state index contributed by atoms with van der Waals surface area (Å²) in [6.45, 7) is 2.67. The molecule has 0 atom stereocenters. The van der Waals surface area contributed by atoms with Crippen LogP contribution in [-0.4, -0.2) is 19.7 Å². The SMILES string of the molecule is CCCCCCCCCOOC(=O)c1ccc(OC)cc1. The van der Waals surface area contributed by atoms with E-state index in [9.17, 15) is 4.79 Å². The van der Waals surface area contributed by atoms with Gasteiger partial charge in [0.25, 0.3) is 0 Å². The van der Waals surface area contributed by atoms with Gasteiger partial charge < -0.3 is 4.74 Å².